The zero-order valence-electron chi connectivity index (χ0n) is 12.7. The molecule has 0 spiro atoms. The smallest absolute Gasteiger partial charge is 0.285 e. The fourth-order valence-corrected chi connectivity index (χ4v) is 2.39. The van der Waals surface area contributed by atoms with Crippen LogP contribution < -0.4 is 15.3 Å². The van der Waals surface area contributed by atoms with Gasteiger partial charge in [-0.05, 0) is 30.3 Å². The first-order valence-corrected chi connectivity index (χ1v) is 7.59. The van der Waals surface area contributed by atoms with Crippen molar-refractivity contribution in [2.45, 2.75) is 6.23 Å². The molecule has 3 N–H and O–H groups in total. The lowest BCUT2D eigenvalue weighted by atomic mass is 10.2. The van der Waals surface area contributed by atoms with Crippen molar-refractivity contribution in [1.29, 1.82) is 0 Å². The number of halogens is 1. The summed E-state index contributed by atoms with van der Waals surface area (Å²) in [6.45, 7) is 0. The number of aliphatic hydroxyl groups excluding tert-OH is 1. The predicted molar refractivity (Wildman–Crippen MR) is 91.1 cm³/mol. The van der Waals surface area contributed by atoms with Crippen molar-refractivity contribution < 1.29 is 14.3 Å². The van der Waals surface area contributed by atoms with E-state index in [9.17, 15) is 20.0 Å². The molecule has 25 heavy (non-hydrogen) atoms. The fourth-order valence-electron chi connectivity index (χ4n) is 2.27. The van der Waals surface area contributed by atoms with E-state index in [0.29, 0.717) is 19.7 Å². The van der Waals surface area contributed by atoms with Crippen LogP contribution in [0.2, 0.25) is 5.02 Å². The summed E-state index contributed by atoms with van der Waals surface area (Å²) in [6, 6.07) is 12.3. The molecule has 3 aromatic rings. The monoisotopic (exact) mass is 360 g/mol. The molecule has 1 aromatic heterocycles. The second kappa shape index (κ2) is 6.89. The first kappa shape index (κ1) is 16.9. The van der Waals surface area contributed by atoms with Crippen LogP contribution in [0.1, 0.15) is 22.3 Å². The SMILES string of the molecule is O=C(NNC(O)c1c[n+](=O)c2ccccc2n1[O-])c1ccc(Cl)cc1. The highest BCUT2D eigenvalue weighted by Crippen LogP contribution is 2.15. The molecule has 0 aliphatic carbocycles. The van der Waals surface area contributed by atoms with Gasteiger partial charge in [0, 0.05) is 21.6 Å². The molecule has 0 aliphatic rings. The summed E-state index contributed by atoms with van der Waals surface area (Å²) in [5.74, 6) is -0.538. The van der Waals surface area contributed by atoms with Crippen LogP contribution in [0.25, 0.3) is 11.0 Å². The van der Waals surface area contributed by atoms with Gasteiger partial charge in [0.05, 0.1) is 4.43 Å². The average Bonchev–Trinajstić information content (AvgIpc) is 2.63. The number of aliphatic hydroxyl groups is 1. The summed E-state index contributed by atoms with van der Waals surface area (Å²) in [4.78, 5) is 23.9. The van der Waals surface area contributed by atoms with Crippen LogP contribution in [0.15, 0.2) is 54.7 Å². The number of fused-ring (bicyclic) bond motifs is 1. The summed E-state index contributed by atoms with van der Waals surface area (Å²) in [6.07, 6.45) is -0.639. The fraction of sp³-hybridized carbons (Fsp3) is 0.0625. The molecule has 0 saturated carbocycles. The van der Waals surface area contributed by atoms with Gasteiger partial charge >= 0.3 is 0 Å². The number of aromatic nitrogens is 2. The Morgan fingerprint density at radius 3 is 2.60 bits per heavy atom. The van der Waals surface area contributed by atoms with Gasteiger partial charge in [0.2, 0.25) is 0 Å². The van der Waals surface area contributed by atoms with Gasteiger partial charge in [-0.2, -0.15) is 0 Å². The van der Waals surface area contributed by atoms with E-state index in [0.717, 1.165) is 6.20 Å². The first-order valence-electron chi connectivity index (χ1n) is 7.21. The van der Waals surface area contributed by atoms with Crippen LogP contribution in [0, 0.1) is 10.1 Å². The van der Waals surface area contributed by atoms with E-state index in [4.69, 9.17) is 11.6 Å². The Hall–Kier alpha value is -2.94. The molecule has 9 heteroatoms. The van der Waals surface area contributed by atoms with E-state index >= 15 is 0 Å². The van der Waals surface area contributed by atoms with Crippen LogP contribution in [0.4, 0.5) is 0 Å². The van der Waals surface area contributed by atoms with Crippen LogP contribution in [-0.4, -0.2) is 15.7 Å². The van der Waals surface area contributed by atoms with Gasteiger partial charge in [-0.25, -0.2) is 5.43 Å². The second-order valence-corrected chi connectivity index (χ2v) is 5.61. The number of benzene rings is 2. The van der Waals surface area contributed by atoms with Crippen molar-refractivity contribution >= 4 is 28.5 Å². The lowest BCUT2D eigenvalue weighted by molar-refractivity contribution is -0.465. The molecule has 0 aliphatic heterocycles. The number of para-hydroxylation sites is 2. The molecule has 1 heterocycles. The highest BCUT2D eigenvalue weighted by molar-refractivity contribution is 6.30. The number of rotatable bonds is 4. The first-order chi connectivity index (χ1) is 12.0. The Morgan fingerprint density at radius 1 is 1.20 bits per heavy atom. The summed E-state index contributed by atoms with van der Waals surface area (Å²) >= 11 is 5.75. The van der Waals surface area contributed by atoms with Crippen molar-refractivity contribution in [3.05, 3.63) is 81.1 Å². The van der Waals surface area contributed by atoms with E-state index in [1.165, 1.54) is 24.3 Å². The van der Waals surface area contributed by atoms with Gasteiger partial charge in [-0.3, -0.25) is 10.2 Å². The van der Waals surface area contributed by atoms with E-state index in [1.54, 1.807) is 24.3 Å². The number of carbonyl (C=O) groups is 1. The Morgan fingerprint density at radius 2 is 1.88 bits per heavy atom. The summed E-state index contributed by atoms with van der Waals surface area (Å²) in [7, 11) is 0. The lowest BCUT2D eigenvalue weighted by Crippen LogP contribution is -2.41. The van der Waals surface area contributed by atoms with Gasteiger partial charge < -0.3 is 15.0 Å². The molecule has 1 atom stereocenters. The van der Waals surface area contributed by atoms with Crippen molar-refractivity contribution in [3.63, 3.8) is 0 Å². The Kier molecular flexibility index (Phi) is 4.66. The minimum Gasteiger partial charge on any atom is -0.805 e. The minimum absolute atomic E-state index is 0.0971. The van der Waals surface area contributed by atoms with E-state index in [-0.39, 0.29) is 16.7 Å². The van der Waals surface area contributed by atoms with Crippen molar-refractivity contribution in [2.75, 3.05) is 0 Å². The third-order valence-electron chi connectivity index (χ3n) is 3.53. The quantitative estimate of drug-likeness (QED) is 0.370. The van der Waals surface area contributed by atoms with Gasteiger partial charge in [0.25, 0.3) is 17.6 Å². The molecule has 128 valence electrons. The third kappa shape index (κ3) is 3.45. The maximum Gasteiger partial charge on any atom is 0.285 e. The summed E-state index contributed by atoms with van der Waals surface area (Å²) < 4.78 is 0.904. The minimum atomic E-state index is -1.58. The van der Waals surface area contributed by atoms with Crippen molar-refractivity contribution in [3.8, 4) is 0 Å². The topological polar surface area (TPSA) is 112 Å². The molecule has 1 unspecified atom stereocenters. The van der Waals surface area contributed by atoms with E-state index in [2.05, 4.69) is 10.9 Å². The number of hydrogen-bond donors (Lipinski definition) is 3. The third-order valence-corrected chi connectivity index (χ3v) is 3.78. The molecule has 0 bridgehead atoms. The molecule has 0 saturated heterocycles. The maximum absolute atomic E-state index is 12.3. The van der Waals surface area contributed by atoms with Crippen LogP contribution in [0.5, 0.6) is 0 Å². The van der Waals surface area contributed by atoms with Crippen molar-refractivity contribution in [1.82, 2.24) is 15.6 Å². The highest BCUT2D eigenvalue weighted by atomic mass is 35.5. The lowest BCUT2D eigenvalue weighted by Gasteiger charge is -2.21. The molecule has 3 rings (SSSR count). The molecule has 2 aromatic carbocycles. The van der Waals surface area contributed by atoms with Crippen molar-refractivity contribution in [2.24, 2.45) is 0 Å². The molecule has 1 amide bonds. The Bertz CT molecular complexity index is 988. The molecule has 0 radical (unpaired) electrons. The number of carbonyl (C=O) groups excluding carboxylic acids is 1. The Labute approximate surface area is 146 Å². The number of hydrogen-bond acceptors (Lipinski definition) is 5. The number of nitrogens with one attached hydrogen (secondary N) is 2. The van der Waals surface area contributed by atoms with Crippen LogP contribution >= 0.6 is 11.6 Å². The molecule has 0 fully saturated rings. The standard InChI is InChI=1S/C16H13ClN4O4/c17-11-7-5-10(6-8-11)15(22)18-19-16(23)14-9-20(24)12-3-1-2-4-13(12)21(14)25/h1-9,16,19,23H,(H,18,22). The van der Waals surface area contributed by atoms with Gasteiger partial charge in [-0.1, -0.05) is 23.7 Å². The van der Waals surface area contributed by atoms with Gasteiger partial charge in [0.1, 0.15) is 11.2 Å². The number of amides is 1. The predicted octanol–water partition coefficient (Wildman–Crippen LogP) is 1.48. The molecular formula is C16H13ClN4O4. The zero-order valence-corrected chi connectivity index (χ0v) is 13.5. The zero-order chi connectivity index (χ0) is 18.0. The van der Waals surface area contributed by atoms with Crippen LogP contribution in [-0.2, 0) is 0 Å². The second-order valence-electron chi connectivity index (χ2n) is 5.17. The maximum atomic E-state index is 12.3. The highest BCUT2D eigenvalue weighted by Gasteiger charge is 2.18. The largest absolute Gasteiger partial charge is 0.805 e. The summed E-state index contributed by atoms with van der Waals surface area (Å²) in [5.41, 5.74) is 4.87. The normalized spacial score (nSPS) is 12.1. The average molecular weight is 361 g/mol. The molecule has 8 nitrogen and oxygen atoms in total. The number of hydrazine groups is 1. The van der Waals surface area contributed by atoms with Gasteiger partial charge in [0.15, 0.2) is 6.23 Å². The van der Waals surface area contributed by atoms with Gasteiger partial charge in [-0.15, -0.1) is 0 Å². The number of nitrogens with zero attached hydrogens (tertiary/aromatic N) is 2. The summed E-state index contributed by atoms with van der Waals surface area (Å²) in [5, 5.41) is 22.9. The Balaban J connectivity index is 1.79. The van der Waals surface area contributed by atoms with E-state index < -0.39 is 12.1 Å². The molecular weight excluding hydrogens is 348 g/mol. The van der Waals surface area contributed by atoms with E-state index in [1.807, 2.05) is 0 Å². The van der Waals surface area contributed by atoms with Crippen LogP contribution in [0.3, 0.4) is 0 Å².